The molecule has 1 atom stereocenters. The number of hydrogen-bond acceptors (Lipinski definition) is 7. The molecule has 1 fully saturated rings. The van der Waals surface area contributed by atoms with Gasteiger partial charge in [-0.15, -0.1) is 11.3 Å². The second-order valence-electron chi connectivity index (χ2n) is 7.97. The topological polar surface area (TPSA) is 89.9 Å². The summed E-state index contributed by atoms with van der Waals surface area (Å²) in [6, 6.07) is 14.2. The van der Waals surface area contributed by atoms with Crippen molar-refractivity contribution in [2.24, 2.45) is 0 Å². The third-order valence-corrected chi connectivity index (χ3v) is 6.63. The molecule has 4 aromatic rings. The van der Waals surface area contributed by atoms with Crippen molar-refractivity contribution in [3.8, 4) is 11.8 Å². The molecule has 8 heteroatoms. The van der Waals surface area contributed by atoms with E-state index in [0.29, 0.717) is 11.4 Å². The standard InChI is InChI=1S/C24H24N6OS/c1-31-19-5-6-20-17(12-19)11-18(27-20)14-30-9-3-2-4-22(30)21-15-32-24(28-21)29-23-10-16(13-25)7-8-26-23/h5-8,10-12,15,22,27H,2-4,9,14H2,1H3,(H,26,28,29)/t22-/m1/s1. The number of aromatic nitrogens is 3. The number of fused-ring (bicyclic) bond motifs is 1. The van der Waals surface area contributed by atoms with Gasteiger partial charge in [0.15, 0.2) is 5.13 Å². The van der Waals surface area contributed by atoms with Crippen LogP contribution in [-0.4, -0.2) is 33.5 Å². The first-order valence-electron chi connectivity index (χ1n) is 10.7. The monoisotopic (exact) mass is 444 g/mol. The summed E-state index contributed by atoms with van der Waals surface area (Å²) in [6.45, 7) is 1.91. The van der Waals surface area contributed by atoms with Gasteiger partial charge in [-0.05, 0) is 55.8 Å². The Labute approximate surface area is 190 Å². The van der Waals surface area contributed by atoms with E-state index in [0.717, 1.165) is 41.6 Å². The van der Waals surface area contributed by atoms with Crippen molar-refractivity contribution in [1.82, 2.24) is 19.9 Å². The minimum Gasteiger partial charge on any atom is -0.497 e. The molecule has 0 aliphatic carbocycles. The van der Waals surface area contributed by atoms with E-state index in [1.807, 2.05) is 6.07 Å². The van der Waals surface area contributed by atoms with Crippen LogP contribution in [0.4, 0.5) is 10.9 Å². The summed E-state index contributed by atoms with van der Waals surface area (Å²) in [5, 5.41) is 16.4. The van der Waals surface area contributed by atoms with E-state index in [1.165, 1.54) is 23.9 Å². The normalized spacial score (nSPS) is 16.7. The maximum absolute atomic E-state index is 9.09. The van der Waals surface area contributed by atoms with Gasteiger partial charge in [0.05, 0.1) is 30.5 Å². The van der Waals surface area contributed by atoms with E-state index in [2.05, 4.69) is 49.8 Å². The van der Waals surface area contributed by atoms with Gasteiger partial charge < -0.3 is 15.0 Å². The lowest BCUT2D eigenvalue weighted by Crippen LogP contribution is -2.33. The Bertz CT molecular complexity index is 1270. The van der Waals surface area contributed by atoms with Crippen LogP contribution in [0.1, 0.15) is 42.3 Å². The highest BCUT2D eigenvalue weighted by Gasteiger charge is 2.26. The summed E-state index contributed by atoms with van der Waals surface area (Å²) >= 11 is 1.57. The first-order valence-corrected chi connectivity index (χ1v) is 11.6. The van der Waals surface area contributed by atoms with Crippen LogP contribution in [0.3, 0.4) is 0 Å². The predicted octanol–water partition coefficient (Wildman–Crippen LogP) is 5.37. The van der Waals surface area contributed by atoms with Crippen LogP contribution >= 0.6 is 11.3 Å². The average molecular weight is 445 g/mol. The van der Waals surface area contributed by atoms with Crippen LogP contribution in [0.15, 0.2) is 48.0 Å². The van der Waals surface area contributed by atoms with E-state index < -0.39 is 0 Å². The second-order valence-corrected chi connectivity index (χ2v) is 8.83. The van der Waals surface area contributed by atoms with Crippen molar-refractivity contribution in [2.45, 2.75) is 31.8 Å². The summed E-state index contributed by atoms with van der Waals surface area (Å²) in [6.07, 6.45) is 5.13. The maximum atomic E-state index is 9.09. The minimum absolute atomic E-state index is 0.287. The molecule has 0 unspecified atom stereocenters. The smallest absolute Gasteiger partial charge is 0.188 e. The number of pyridine rings is 1. The number of nitrogens with one attached hydrogen (secondary N) is 2. The Kier molecular flexibility index (Phi) is 5.75. The lowest BCUT2D eigenvalue weighted by atomic mass is 10.00. The van der Waals surface area contributed by atoms with Gasteiger partial charge in [0.2, 0.25) is 0 Å². The van der Waals surface area contributed by atoms with Gasteiger partial charge in [0.1, 0.15) is 11.6 Å². The molecule has 7 nitrogen and oxygen atoms in total. The molecule has 4 heterocycles. The second kappa shape index (κ2) is 8.99. The van der Waals surface area contributed by atoms with Crippen molar-refractivity contribution in [3.63, 3.8) is 0 Å². The van der Waals surface area contributed by atoms with Crippen LogP contribution in [0.5, 0.6) is 5.75 Å². The summed E-state index contributed by atoms with van der Waals surface area (Å²) in [4.78, 5) is 15.2. The molecular formula is C24H24N6OS. The summed E-state index contributed by atoms with van der Waals surface area (Å²) in [7, 11) is 1.69. The zero-order chi connectivity index (χ0) is 21.9. The molecule has 1 aliphatic heterocycles. The van der Waals surface area contributed by atoms with Gasteiger partial charge in [-0.25, -0.2) is 9.97 Å². The molecule has 0 saturated carbocycles. The summed E-state index contributed by atoms with van der Waals surface area (Å²) < 4.78 is 5.36. The molecule has 0 radical (unpaired) electrons. The number of aromatic amines is 1. The number of thiazole rings is 1. The molecule has 1 aliphatic rings. The largest absolute Gasteiger partial charge is 0.497 e. The minimum atomic E-state index is 0.287. The number of benzene rings is 1. The fourth-order valence-electron chi connectivity index (χ4n) is 4.29. The average Bonchev–Trinajstić information content (AvgIpc) is 3.45. The highest BCUT2D eigenvalue weighted by molar-refractivity contribution is 7.13. The lowest BCUT2D eigenvalue weighted by Gasteiger charge is -2.34. The fraction of sp³-hybridized carbons (Fsp3) is 0.292. The van der Waals surface area contributed by atoms with Crippen molar-refractivity contribution in [1.29, 1.82) is 5.26 Å². The van der Waals surface area contributed by atoms with Crippen LogP contribution in [-0.2, 0) is 6.54 Å². The van der Waals surface area contributed by atoms with E-state index in [1.54, 1.807) is 36.8 Å². The molecule has 162 valence electrons. The molecule has 3 aromatic heterocycles. The molecule has 32 heavy (non-hydrogen) atoms. The van der Waals surface area contributed by atoms with E-state index >= 15 is 0 Å². The SMILES string of the molecule is COc1ccc2[nH]c(CN3CCCC[C@@H]3c3csc(Nc4cc(C#N)ccn4)n3)cc2c1. The molecule has 2 N–H and O–H groups in total. The number of H-pyrrole nitrogens is 1. The Morgan fingerprint density at radius 1 is 1.28 bits per heavy atom. The van der Waals surface area contributed by atoms with Crippen LogP contribution in [0, 0.1) is 11.3 Å². The molecule has 1 saturated heterocycles. The number of hydrogen-bond donors (Lipinski definition) is 2. The Morgan fingerprint density at radius 3 is 3.09 bits per heavy atom. The van der Waals surface area contributed by atoms with Crippen molar-refractivity contribution >= 4 is 33.2 Å². The third kappa shape index (κ3) is 4.31. The molecule has 1 aromatic carbocycles. The Hall–Kier alpha value is -3.41. The third-order valence-electron chi connectivity index (χ3n) is 5.86. The highest BCUT2D eigenvalue weighted by Crippen LogP contribution is 2.34. The number of nitriles is 1. The number of rotatable bonds is 6. The van der Waals surface area contributed by atoms with Gasteiger partial charge in [0.25, 0.3) is 0 Å². The van der Waals surface area contributed by atoms with Crippen molar-refractivity contribution in [3.05, 3.63) is 64.9 Å². The van der Waals surface area contributed by atoms with Crippen molar-refractivity contribution < 1.29 is 4.74 Å². The summed E-state index contributed by atoms with van der Waals surface area (Å²) in [5.74, 6) is 1.51. The number of piperidine rings is 1. The van der Waals surface area contributed by atoms with E-state index in [-0.39, 0.29) is 6.04 Å². The van der Waals surface area contributed by atoms with Gasteiger partial charge >= 0.3 is 0 Å². The first-order chi connectivity index (χ1) is 15.7. The summed E-state index contributed by atoms with van der Waals surface area (Å²) in [5.41, 5.74) is 3.99. The van der Waals surface area contributed by atoms with Gasteiger partial charge in [-0.1, -0.05) is 6.42 Å². The van der Waals surface area contributed by atoms with Crippen LogP contribution < -0.4 is 10.1 Å². The molecule has 0 amide bonds. The number of nitrogens with zero attached hydrogens (tertiary/aromatic N) is 4. The maximum Gasteiger partial charge on any atom is 0.188 e. The van der Waals surface area contributed by atoms with E-state index in [4.69, 9.17) is 15.0 Å². The Morgan fingerprint density at radius 2 is 2.22 bits per heavy atom. The zero-order valence-corrected chi connectivity index (χ0v) is 18.7. The van der Waals surface area contributed by atoms with Gasteiger partial charge in [-0.2, -0.15) is 5.26 Å². The first kappa shape index (κ1) is 20.5. The number of likely N-dealkylation sites (tertiary alicyclic amines) is 1. The van der Waals surface area contributed by atoms with Crippen LogP contribution in [0.25, 0.3) is 10.9 Å². The predicted molar refractivity (Wildman–Crippen MR) is 126 cm³/mol. The van der Waals surface area contributed by atoms with E-state index in [9.17, 15) is 0 Å². The molecule has 0 bridgehead atoms. The fourth-order valence-corrected chi connectivity index (χ4v) is 5.06. The van der Waals surface area contributed by atoms with Gasteiger partial charge in [0, 0.05) is 34.7 Å². The number of methoxy groups -OCH3 is 1. The molecule has 5 rings (SSSR count). The quantitative estimate of drug-likeness (QED) is 0.415. The molecular weight excluding hydrogens is 420 g/mol. The highest BCUT2D eigenvalue weighted by atomic mass is 32.1. The van der Waals surface area contributed by atoms with Crippen molar-refractivity contribution in [2.75, 3.05) is 19.0 Å². The van der Waals surface area contributed by atoms with Crippen LogP contribution in [0.2, 0.25) is 0 Å². The Balaban J connectivity index is 1.33. The lowest BCUT2D eigenvalue weighted by molar-refractivity contribution is 0.136. The number of ether oxygens (including phenoxy) is 1. The zero-order valence-electron chi connectivity index (χ0n) is 17.8. The molecule has 0 spiro atoms. The number of anilines is 2. The van der Waals surface area contributed by atoms with Gasteiger partial charge in [-0.3, -0.25) is 4.90 Å².